The summed E-state index contributed by atoms with van der Waals surface area (Å²) in [5.74, 6) is 0. The second kappa shape index (κ2) is 23.6. The normalized spacial score (nSPS) is 49.2. The average molecular weight is 914 g/mol. The van der Waals surface area contributed by atoms with Crippen LogP contribution in [0.3, 0.4) is 0 Å². The minimum atomic E-state index is -2.11. The van der Waals surface area contributed by atoms with Gasteiger partial charge in [-0.25, -0.2) is 0 Å². The summed E-state index contributed by atoms with van der Waals surface area (Å²) < 4.78 is 55.8. The molecule has 27 nitrogen and oxygen atoms in total. The molecule has 0 spiro atoms. The van der Waals surface area contributed by atoms with E-state index in [4.69, 9.17) is 53.1 Å². The summed E-state index contributed by atoms with van der Waals surface area (Å²) in [5, 5.41) is 168. The second-order valence-electron chi connectivity index (χ2n) is 15.6. The number of rotatable bonds is 19. The Morgan fingerprint density at radius 1 is 0.323 bits per heavy atom. The van der Waals surface area contributed by atoms with E-state index < -0.39 is 187 Å². The lowest BCUT2D eigenvalue weighted by Crippen LogP contribution is -2.68. The standard InChI is InChI=1S/C35H63NO26/c36-4-2-1-3-5-53-31-23(49)18(44)27(12(7-38)55-31)60-33-25(51)20(46)29(14(9-40)57-33)62-35-26(52)21(47)30(15(10-41)58-35)61-34-24(50)19(45)28(13(8-39)56-34)59-32-22(48)17(43)16(42)11(6-37)54-32/h11-35,37-52H,1-10,36H2/t11?,12?,13?,14?,15?,16-,17?,18?,19?,20-,21-,22+,23+,24+,25?,26?,27-,28-,29+,30-,31-,32+,33-,34+,35-/m1/s1. The van der Waals surface area contributed by atoms with Crippen LogP contribution >= 0.6 is 0 Å². The Morgan fingerprint density at radius 2 is 0.613 bits per heavy atom. The number of nitrogens with two attached hydrogens (primary N) is 1. The molecule has 10 unspecified atom stereocenters. The largest absolute Gasteiger partial charge is 0.394 e. The Hall–Kier alpha value is -1.08. The van der Waals surface area contributed by atoms with Gasteiger partial charge >= 0.3 is 0 Å². The van der Waals surface area contributed by atoms with Crippen LogP contribution in [0.1, 0.15) is 19.3 Å². The first-order chi connectivity index (χ1) is 29.6. The highest BCUT2D eigenvalue weighted by Crippen LogP contribution is 2.35. The van der Waals surface area contributed by atoms with E-state index in [0.29, 0.717) is 13.0 Å². The summed E-state index contributed by atoms with van der Waals surface area (Å²) in [6.45, 7) is -3.78. The van der Waals surface area contributed by atoms with Crippen LogP contribution in [0, 0.1) is 0 Å². The molecule has 0 aromatic carbocycles. The first kappa shape index (κ1) is 51.9. The summed E-state index contributed by atoms with van der Waals surface area (Å²) >= 11 is 0. The van der Waals surface area contributed by atoms with Gasteiger partial charge in [-0.1, -0.05) is 0 Å². The van der Waals surface area contributed by atoms with E-state index in [1.165, 1.54) is 0 Å². The van der Waals surface area contributed by atoms with Crippen molar-refractivity contribution in [1.29, 1.82) is 0 Å². The number of hydrogen-bond acceptors (Lipinski definition) is 27. The molecule has 5 aliphatic heterocycles. The molecule has 5 rings (SSSR count). The van der Waals surface area contributed by atoms with Crippen molar-refractivity contribution < 1.29 is 129 Å². The Labute approximate surface area is 353 Å². The highest BCUT2D eigenvalue weighted by atomic mass is 16.8. The average Bonchev–Trinajstić information content (AvgIpc) is 3.27. The third-order valence-electron chi connectivity index (χ3n) is 11.4. The molecule has 62 heavy (non-hydrogen) atoms. The van der Waals surface area contributed by atoms with Crippen molar-refractivity contribution >= 4 is 0 Å². The molecule has 5 aliphatic rings. The highest BCUT2D eigenvalue weighted by molar-refractivity contribution is 4.99. The van der Waals surface area contributed by atoms with Gasteiger partial charge in [0.15, 0.2) is 31.5 Å². The maximum atomic E-state index is 11.2. The molecule has 0 radical (unpaired) electrons. The van der Waals surface area contributed by atoms with Crippen molar-refractivity contribution in [3.8, 4) is 0 Å². The van der Waals surface area contributed by atoms with Crippen LogP contribution in [-0.2, 0) is 47.4 Å². The zero-order valence-electron chi connectivity index (χ0n) is 33.3. The Kier molecular flexibility index (Phi) is 19.7. The molecule has 5 saturated heterocycles. The molecule has 0 aromatic heterocycles. The fraction of sp³-hybridized carbons (Fsp3) is 1.00. The summed E-state index contributed by atoms with van der Waals surface area (Å²) in [7, 11) is 0. The zero-order chi connectivity index (χ0) is 45.6. The third kappa shape index (κ3) is 11.4. The van der Waals surface area contributed by atoms with Crippen molar-refractivity contribution in [1.82, 2.24) is 0 Å². The van der Waals surface area contributed by atoms with Gasteiger partial charge in [-0.15, -0.1) is 0 Å². The van der Waals surface area contributed by atoms with Crippen LogP contribution in [0.5, 0.6) is 0 Å². The second-order valence-corrected chi connectivity index (χ2v) is 15.6. The van der Waals surface area contributed by atoms with Crippen LogP contribution in [0.4, 0.5) is 0 Å². The quantitative estimate of drug-likeness (QED) is 0.0535. The lowest BCUT2D eigenvalue weighted by atomic mass is 9.95. The molecular weight excluding hydrogens is 850 g/mol. The van der Waals surface area contributed by atoms with Gasteiger partial charge in [0.1, 0.15) is 122 Å². The molecule has 0 saturated carbocycles. The van der Waals surface area contributed by atoms with Gasteiger partial charge in [-0.2, -0.15) is 0 Å². The summed E-state index contributed by atoms with van der Waals surface area (Å²) in [6.07, 6.45) is -42.6. The molecule has 364 valence electrons. The van der Waals surface area contributed by atoms with Crippen LogP contribution in [-0.4, -0.2) is 281 Å². The molecule has 0 amide bonds. The number of aliphatic hydroxyl groups is 16. The minimum absolute atomic E-state index is 0.139. The third-order valence-corrected chi connectivity index (χ3v) is 11.4. The van der Waals surface area contributed by atoms with E-state index >= 15 is 0 Å². The first-order valence-electron chi connectivity index (χ1n) is 20.3. The van der Waals surface area contributed by atoms with Crippen LogP contribution in [0.25, 0.3) is 0 Å². The minimum Gasteiger partial charge on any atom is -0.394 e. The fourth-order valence-electron chi connectivity index (χ4n) is 7.78. The number of hydrogen-bond donors (Lipinski definition) is 17. The number of aliphatic hydroxyl groups excluding tert-OH is 16. The monoisotopic (exact) mass is 913 g/mol. The summed E-state index contributed by atoms with van der Waals surface area (Å²) in [6, 6.07) is 0. The van der Waals surface area contributed by atoms with Gasteiger partial charge < -0.3 is 135 Å². The van der Waals surface area contributed by atoms with Crippen LogP contribution < -0.4 is 5.73 Å². The van der Waals surface area contributed by atoms with Gasteiger partial charge in [0, 0.05) is 6.61 Å². The van der Waals surface area contributed by atoms with Crippen molar-refractivity contribution in [2.24, 2.45) is 5.73 Å². The molecule has 0 aromatic rings. The van der Waals surface area contributed by atoms with E-state index in [9.17, 15) is 81.7 Å². The molecule has 0 aliphatic carbocycles. The van der Waals surface area contributed by atoms with E-state index in [0.717, 1.165) is 12.8 Å². The smallest absolute Gasteiger partial charge is 0.187 e. The summed E-state index contributed by atoms with van der Waals surface area (Å²) in [4.78, 5) is 0. The molecule has 0 bridgehead atoms. The predicted octanol–water partition coefficient (Wildman–Crippen LogP) is -10.8. The lowest BCUT2D eigenvalue weighted by Gasteiger charge is -2.49. The van der Waals surface area contributed by atoms with Crippen LogP contribution in [0.2, 0.25) is 0 Å². The van der Waals surface area contributed by atoms with Gasteiger partial charge in [-0.3, -0.25) is 0 Å². The molecular formula is C35H63NO26. The van der Waals surface area contributed by atoms with Crippen molar-refractivity contribution in [2.45, 2.75) is 173 Å². The Morgan fingerprint density at radius 3 is 0.935 bits per heavy atom. The molecule has 5 fully saturated rings. The van der Waals surface area contributed by atoms with E-state index in [1.54, 1.807) is 0 Å². The Bertz CT molecular complexity index is 1310. The summed E-state index contributed by atoms with van der Waals surface area (Å²) in [5.41, 5.74) is 5.48. The SMILES string of the molecule is NCCCCCO[C@@H]1OC(CO)[C@@H](O[C@H]2OC(CO)[C@H](O[C@H]3OC(CO)[C@@H](O[C@@H]4OC(CO)[C@@H](O[C@@H]5OC(CO)[C@@H](O)C(O)[C@@H]5O)C(O)[C@@H]4O)[C@H](O)C3O)[C@H](O)C2O)C(O)[C@@H]1O. The fourth-order valence-corrected chi connectivity index (χ4v) is 7.78. The molecule has 27 heteroatoms. The lowest BCUT2D eigenvalue weighted by molar-refractivity contribution is -0.393. The van der Waals surface area contributed by atoms with Gasteiger partial charge in [0.05, 0.1) is 33.0 Å². The van der Waals surface area contributed by atoms with Crippen molar-refractivity contribution in [3.05, 3.63) is 0 Å². The topological polar surface area (TPSA) is 442 Å². The number of unbranched alkanes of at least 4 members (excludes halogenated alkanes) is 2. The zero-order valence-corrected chi connectivity index (χ0v) is 33.3. The van der Waals surface area contributed by atoms with E-state index in [-0.39, 0.29) is 6.61 Å². The van der Waals surface area contributed by atoms with Crippen molar-refractivity contribution in [3.63, 3.8) is 0 Å². The molecule has 5 heterocycles. The molecule has 18 N–H and O–H groups in total. The maximum absolute atomic E-state index is 11.2. The number of ether oxygens (including phenoxy) is 10. The van der Waals surface area contributed by atoms with Crippen LogP contribution in [0.15, 0.2) is 0 Å². The van der Waals surface area contributed by atoms with E-state index in [2.05, 4.69) is 0 Å². The van der Waals surface area contributed by atoms with Crippen molar-refractivity contribution in [2.75, 3.05) is 46.2 Å². The molecule has 25 atom stereocenters. The van der Waals surface area contributed by atoms with Gasteiger partial charge in [-0.05, 0) is 25.8 Å². The van der Waals surface area contributed by atoms with Gasteiger partial charge in [0.25, 0.3) is 0 Å². The highest BCUT2D eigenvalue weighted by Gasteiger charge is 2.56. The van der Waals surface area contributed by atoms with E-state index in [1.807, 2.05) is 0 Å². The predicted molar refractivity (Wildman–Crippen MR) is 193 cm³/mol. The first-order valence-corrected chi connectivity index (χ1v) is 20.3. The van der Waals surface area contributed by atoms with Gasteiger partial charge in [0.2, 0.25) is 0 Å². The maximum Gasteiger partial charge on any atom is 0.187 e. The Balaban J connectivity index is 1.19.